The highest BCUT2D eigenvalue weighted by Gasteiger charge is 2.20. The molecular formula is C17H29BrN2O2S. The van der Waals surface area contributed by atoms with Crippen molar-refractivity contribution in [2.24, 2.45) is 5.92 Å². The molecule has 0 fully saturated rings. The van der Waals surface area contributed by atoms with Gasteiger partial charge in [-0.05, 0) is 62.0 Å². The van der Waals surface area contributed by atoms with Gasteiger partial charge in [0.2, 0.25) is 0 Å². The number of hydrogen-bond donors (Lipinski definition) is 2. The summed E-state index contributed by atoms with van der Waals surface area (Å²) in [6.07, 6.45) is 0.631. The number of thiophene rings is 1. The van der Waals surface area contributed by atoms with E-state index in [2.05, 4.69) is 58.8 Å². The number of alkyl carbamates (subject to hydrolysis) is 1. The van der Waals surface area contributed by atoms with Gasteiger partial charge >= 0.3 is 6.09 Å². The van der Waals surface area contributed by atoms with Crippen molar-refractivity contribution in [2.45, 2.75) is 65.6 Å². The maximum Gasteiger partial charge on any atom is 0.407 e. The van der Waals surface area contributed by atoms with E-state index in [1.807, 2.05) is 20.8 Å². The molecular weight excluding hydrogens is 376 g/mol. The summed E-state index contributed by atoms with van der Waals surface area (Å²) in [6, 6.07) is 2.59. The quantitative estimate of drug-likeness (QED) is 0.664. The monoisotopic (exact) mass is 404 g/mol. The van der Waals surface area contributed by atoms with Crippen molar-refractivity contribution in [3.63, 3.8) is 0 Å². The number of ether oxygens (including phenoxy) is 1. The summed E-state index contributed by atoms with van der Waals surface area (Å²) in [5.74, 6) is 0.551. The lowest BCUT2D eigenvalue weighted by Gasteiger charge is -2.26. The van der Waals surface area contributed by atoms with Gasteiger partial charge in [0.05, 0.1) is 0 Å². The van der Waals surface area contributed by atoms with Gasteiger partial charge in [-0.2, -0.15) is 0 Å². The maximum absolute atomic E-state index is 11.8. The first-order valence-electron chi connectivity index (χ1n) is 8.03. The fourth-order valence-corrected chi connectivity index (χ4v) is 3.75. The van der Waals surface area contributed by atoms with Crippen LogP contribution in [0.4, 0.5) is 4.79 Å². The van der Waals surface area contributed by atoms with Gasteiger partial charge in [-0.1, -0.05) is 13.8 Å². The van der Waals surface area contributed by atoms with Gasteiger partial charge < -0.3 is 15.4 Å². The first-order valence-corrected chi connectivity index (χ1v) is 9.71. The second kappa shape index (κ2) is 9.04. The molecule has 1 rings (SSSR count). The third kappa shape index (κ3) is 8.72. The lowest BCUT2D eigenvalue weighted by Crippen LogP contribution is -2.44. The summed E-state index contributed by atoms with van der Waals surface area (Å²) >= 11 is 5.22. The largest absolute Gasteiger partial charge is 0.444 e. The fraction of sp³-hybridized carbons (Fsp3) is 0.706. The molecule has 0 aliphatic rings. The van der Waals surface area contributed by atoms with Crippen LogP contribution in [0.5, 0.6) is 0 Å². The van der Waals surface area contributed by atoms with Crippen LogP contribution in [0.15, 0.2) is 15.9 Å². The Kier molecular flexibility index (Phi) is 8.04. The molecule has 1 heterocycles. The van der Waals surface area contributed by atoms with Gasteiger partial charge in [-0.25, -0.2) is 4.79 Å². The standard InChI is InChI=1S/C17H29BrN2O2S/c1-11(2)7-14(9-19-16(21)22-17(4,5)6)20-12(3)15-8-13(18)10-23-15/h8,10-12,14,20H,7,9H2,1-6H3,(H,19,21). The minimum Gasteiger partial charge on any atom is -0.444 e. The summed E-state index contributed by atoms with van der Waals surface area (Å²) in [5.41, 5.74) is -0.471. The van der Waals surface area contributed by atoms with Crippen LogP contribution in [0.1, 0.15) is 58.9 Å². The molecule has 132 valence electrons. The van der Waals surface area contributed by atoms with Gasteiger partial charge in [0.15, 0.2) is 0 Å². The summed E-state index contributed by atoms with van der Waals surface area (Å²) in [5, 5.41) is 8.58. The van der Waals surface area contributed by atoms with Crippen molar-refractivity contribution < 1.29 is 9.53 Å². The van der Waals surface area contributed by atoms with E-state index in [9.17, 15) is 4.79 Å². The average molecular weight is 405 g/mol. The van der Waals surface area contributed by atoms with Crippen LogP contribution >= 0.6 is 27.3 Å². The highest BCUT2D eigenvalue weighted by molar-refractivity contribution is 9.10. The second-order valence-electron chi connectivity index (χ2n) is 7.26. The van der Waals surface area contributed by atoms with E-state index >= 15 is 0 Å². The lowest BCUT2D eigenvalue weighted by atomic mass is 10.0. The van der Waals surface area contributed by atoms with Crippen molar-refractivity contribution in [2.75, 3.05) is 6.54 Å². The van der Waals surface area contributed by atoms with E-state index < -0.39 is 5.60 Å². The van der Waals surface area contributed by atoms with E-state index in [0.29, 0.717) is 12.5 Å². The Hall–Kier alpha value is -0.590. The molecule has 1 aromatic rings. The van der Waals surface area contributed by atoms with Gasteiger partial charge in [0, 0.05) is 33.4 Å². The highest BCUT2D eigenvalue weighted by Crippen LogP contribution is 2.26. The molecule has 1 amide bonds. The molecule has 2 unspecified atom stereocenters. The topological polar surface area (TPSA) is 50.4 Å². The Morgan fingerprint density at radius 2 is 2.00 bits per heavy atom. The molecule has 0 saturated heterocycles. The normalized spacial score (nSPS) is 14.6. The molecule has 0 spiro atoms. The zero-order valence-electron chi connectivity index (χ0n) is 14.9. The third-order valence-corrected chi connectivity index (χ3v) is 5.02. The number of amides is 1. The number of halogens is 1. The molecule has 1 aromatic heterocycles. The second-order valence-corrected chi connectivity index (χ2v) is 9.12. The van der Waals surface area contributed by atoms with Crippen LogP contribution in [0.3, 0.4) is 0 Å². The molecule has 0 saturated carbocycles. The summed E-state index contributed by atoms with van der Waals surface area (Å²) in [6.45, 7) is 12.7. The number of carbonyl (C=O) groups is 1. The third-order valence-electron chi connectivity index (χ3n) is 3.15. The van der Waals surface area contributed by atoms with Crippen molar-refractivity contribution in [3.8, 4) is 0 Å². The summed E-state index contributed by atoms with van der Waals surface area (Å²) in [4.78, 5) is 13.1. The molecule has 2 atom stereocenters. The van der Waals surface area contributed by atoms with E-state index in [0.717, 1.165) is 10.9 Å². The van der Waals surface area contributed by atoms with Crippen LogP contribution in [-0.2, 0) is 4.74 Å². The Morgan fingerprint density at radius 1 is 1.35 bits per heavy atom. The average Bonchev–Trinajstić information content (AvgIpc) is 2.80. The zero-order chi connectivity index (χ0) is 17.6. The van der Waals surface area contributed by atoms with Gasteiger partial charge in [0.25, 0.3) is 0 Å². The number of hydrogen-bond acceptors (Lipinski definition) is 4. The molecule has 0 radical (unpaired) electrons. The van der Waals surface area contributed by atoms with Crippen molar-refractivity contribution in [3.05, 3.63) is 20.8 Å². The highest BCUT2D eigenvalue weighted by atomic mass is 79.9. The zero-order valence-corrected chi connectivity index (χ0v) is 17.3. The lowest BCUT2D eigenvalue weighted by molar-refractivity contribution is 0.0520. The number of nitrogens with one attached hydrogen (secondary N) is 2. The minimum absolute atomic E-state index is 0.207. The van der Waals surface area contributed by atoms with Gasteiger partial charge in [-0.15, -0.1) is 11.3 Å². The summed E-state index contributed by atoms with van der Waals surface area (Å²) in [7, 11) is 0. The van der Waals surface area contributed by atoms with E-state index in [1.165, 1.54) is 4.88 Å². The first kappa shape index (κ1) is 20.5. The van der Waals surface area contributed by atoms with Gasteiger partial charge in [-0.3, -0.25) is 0 Å². The van der Waals surface area contributed by atoms with Crippen LogP contribution in [0, 0.1) is 5.92 Å². The first-order chi connectivity index (χ1) is 10.6. The smallest absolute Gasteiger partial charge is 0.407 e. The van der Waals surface area contributed by atoms with Crippen LogP contribution in [0.25, 0.3) is 0 Å². The van der Waals surface area contributed by atoms with Crippen molar-refractivity contribution in [1.82, 2.24) is 10.6 Å². The fourth-order valence-electron chi connectivity index (χ4n) is 2.29. The van der Waals surface area contributed by atoms with Crippen LogP contribution in [0.2, 0.25) is 0 Å². The predicted molar refractivity (Wildman–Crippen MR) is 101 cm³/mol. The Balaban J connectivity index is 2.57. The molecule has 4 nitrogen and oxygen atoms in total. The van der Waals surface area contributed by atoms with E-state index in [4.69, 9.17) is 4.74 Å². The SMILES string of the molecule is CC(C)CC(CNC(=O)OC(C)(C)C)NC(C)c1cc(Br)cs1. The molecule has 0 aliphatic carbocycles. The van der Waals surface area contributed by atoms with Crippen LogP contribution in [-0.4, -0.2) is 24.3 Å². The van der Waals surface area contributed by atoms with Gasteiger partial charge in [0.1, 0.15) is 5.60 Å². The Labute approximate surface area is 152 Å². The number of rotatable bonds is 7. The molecule has 0 aliphatic heterocycles. The summed E-state index contributed by atoms with van der Waals surface area (Å²) < 4.78 is 6.41. The van der Waals surface area contributed by atoms with Crippen molar-refractivity contribution in [1.29, 1.82) is 0 Å². The van der Waals surface area contributed by atoms with E-state index in [-0.39, 0.29) is 18.2 Å². The molecule has 2 N–H and O–H groups in total. The molecule has 0 aromatic carbocycles. The van der Waals surface area contributed by atoms with Crippen molar-refractivity contribution >= 4 is 33.4 Å². The maximum atomic E-state index is 11.8. The Morgan fingerprint density at radius 3 is 2.48 bits per heavy atom. The Bertz CT molecular complexity index is 497. The number of carbonyl (C=O) groups excluding carboxylic acids is 1. The van der Waals surface area contributed by atoms with Crippen LogP contribution < -0.4 is 10.6 Å². The molecule has 23 heavy (non-hydrogen) atoms. The molecule has 6 heteroatoms. The predicted octanol–water partition coefficient (Wildman–Crippen LogP) is 5.10. The molecule has 0 bridgehead atoms. The van der Waals surface area contributed by atoms with E-state index in [1.54, 1.807) is 11.3 Å². The minimum atomic E-state index is -0.471.